The van der Waals surface area contributed by atoms with Crippen LogP contribution >= 0.6 is 11.3 Å². The topological polar surface area (TPSA) is 15.7 Å². The minimum absolute atomic E-state index is 0.118. The fourth-order valence-electron chi connectivity index (χ4n) is 4.47. The highest BCUT2D eigenvalue weighted by molar-refractivity contribution is 7.08. The van der Waals surface area contributed by atoms with E-state index in [-0.39, 0.29) is 11.9 Å². The average molecular weight is 425 g/mol. The Morgan fingerprint density at radius 3 is 2.60 bits per heavy atom. The molecule has 0 N–H and O–H groups in total. The predicted molar refractivity (Wildman–Crippen MR) is 122 cm³/mol. The van der Waals surface area contributed by atoms with Gasteiger partial charge in [-0.2, -0.15) is 11.3 Å². The zero-order valence-electron chi connectivity index (χ0n) is 17.8. The summed E-state index contributed by atoms with van der Waals surface area (Å²) >= 11 is 1.73. The lowest BCUT2D eigenvalue weighted by atomic mass is 9.95. The van der Waals surface area contributed by atoms with Crippen molar-refractivity contribution in [3.63, 3.8) is 0 Å². The van der Waals surface area contributed by atoms with E-state index in [0.29, 0.717) is 18.6 Å². The van der Waals surface area contributed by atoms with Crippen molar-refractivity contribution in [3.8, 4) is 5.75 Å². The number of rotatable bonds is 6. The predicted octanol–water partition coefficient (Wildman–Crippen LogP) is 5.58. The van der Waals surface area contributed by atoms with Crippen LogP contribution in [0, 0.1) is 5.82 Å². The van der Waals surface area contributed by atoms with Crippen molar-refractivity contribution in [2.75, 3.05) is 20.2 Å². The molecule has 1 saturated heterocycles. The zero-order valence-corrected chi connectivity index (χ0v) is 18.6. The fraction of sp³-hybridized carbons (Fsp3) is 0.360. The van der Waals surface area contributed by atoms with Gasteiger partial charge < -0.3 is 4.74 Å². The normalized spacial score (nSPS) is 21.5. The molecular weight excluding hydrogens is 395 g/mol. The molecule has 2 heterocycles. The molecule has 0 bridgehead atoms. The Labute approximate surface area is 182 Å². The van der Waals surface area contributed by atoms with Gasteiger partial charge in [0.05, 0.1) is 13.2 Å². The monoisotopic (exact) mass is 424 g/mol. The molecule has 0 spiro atoms. The standard InChI is InChI=1S/C25H29FN2OS/c1-18-15-28(19(2)14-27(18)16-21-7-4-5-10-24(21)26)25(22-11-12-30-17-22)20-8-6-9-23(13-20)29-3/h4-13,17-19,25H,14-16H2,1-3H3/t18-,19+,25+/m1/s1. The van der Waals surface area contributed by atoms with E-state index in [1.54, 1.807) is 30.6 Å². The Morgan fingerprint density at radius 1 is 1.03 bits per heavy atom. The summed E-state index contributed by atoms with van der Waals surface area (Å²) in [4.78, 5) is 4.98. The lowest BCUT2D eigenvalue weighted by molar-refractivity contribution is 0.0191. The summed E-state index contributed by atoms with van der Waals surface area (Å²) in [6.07, 6.45) is 0. The highest BCUT2D eigenvalue weighted by Crippen LogP contribution is 2.35. The molecule has 0 saturated carbocycles. The van der Waals surface area contributed by atoms with Gasteiger partial charge in [0, 0.05) is 37.3 Å². The molecule has 0 aliphatic carbocycles. The third kappa shape index (κ3) is 4.43. The average Bonchev–Trinajstić information content (AvgIpc) is 3.28. The lowest BCUT2D eigenvalue weighted by Crippen LogP contribution is -2.56. The second-order valence-electron chi connectivity index (χ2n) is 8.15. The van der Waals surface area contributed by atoms with Gasteiger partial charge in [0.1, 0.15) is 11.6 Å². The zero-order chi connectivity index (χ0) is 21.1. The molecule has 30 heavy (non-hydrogen) atoms. The van der Waals surface area contributed by atoms with Crippen LogP contribution < -0.4 is 4.74 Å². The molecule has 1 fully saturated rings. The number of benzene rings is 2. The van der Waals surface area contributed by atoms with Crippen LogP contribution in [0.4, 0.5) is 4.39 Å². The number of ether oxygens (including phenoxy) is 1. The Bertz CT molecular complexity index is 961. The van der Waals surface area contributed by atoms with Crippen LogP contribution in [0.15, 0.2) is 65.4 Å². The quantitative estimate of drug-likeness (QED) is 0.514. The molecule has 1 aromatic heterocycles. The van der Waals surface area contributed by atoms with Crippen LogP contribution in [-0.4, -0.2) is 42.1 Å². The van der Waals surface area contributed by atoms with Gasteiger partial charge in [0.15, 0.2) is 0 Å². The summed E-state index contributed by atoms with van der Waals surface area (Å²) in [5, 5.41) is 4.39. The first-order valence-electron chi connectivity index (χ1n) is 10.5. The Morgan fingerprint density at radius 2 is 1.87 bits per heavy atom. The summed E-state index contributed by atoms with van der Waals surface area (Å²) < 4.78 is 19.7. The SMILES string of the molecule is COc1cccc([C@@H](c2ccsc2)N2C[C@@H](C)N(Cc3ccccc3F)C[C@@H]2C)c1. The number of hydrogen-bond donors (Lipinski definition) is 0. The largest absolute Gasteiger partial charge is 0.497 e. The summed E-state index contributed by atoms with van der Waals surface area (Å²) in [5.74, 6) is 0.763. The van der Waals surface area contributed by atoms with E-state index >= 15 is 0 Å². The molecule has 5 heteroatoms. The third-order valence-electron chi connectivity index (χ3n) is 6.09. The molecule has 1 aliphatic rings. The van der Waals surface area contributed by atoms with Gasteiger partial charge in [0.2, 0.25) is 0 Å². The Balaban J connectivity index is 1.59. The number of thiophene rings is 1. The minimum atomic E-state index is -0.118. The van der Waals surface area contributed by atoms with Gasteiger partial charge in [-0.1, -0.05) is 30.3 Å². The molecule has 3 nitrogen and oxygen atoms in total. The van der Waals surface area contributed by atoms with Gasteiger partial charge in [-0.05, 0) is 60.0 Å². The number of piperazine rings is 1. The van der Waals surface area contributed by atoms with E-state index in [0.717, 1.165) is 24.4 Å². The Hall–Kier alpha value is -2.21. The van der Waals surface area contributed by atoms with Gasteiger partial charge in [-0.25, -0.2) is 4.39 Å². The van der Waals surface area contributed by atoms with Gasteiger partial charge in [0.25, 0.3) is 0 Å². The van der Waals surface area contributed by atoms with E-state index < -0.39 is 0 Å². The van der Waals surface area contributed by atoms with E-state index in [1.807, 2.05) is 18.2 Å². The van der Waals surface area contributed by atoms with Crippen LogP contribution in [0.25, 0.3) is 0 Å². The van der Waals surface area contributed by atoms with Crippen molar-refractivity contribution >= 4 is 11.3 Å². The highest BCUT2D eigenvalue weighted by atomic mass is 32.1. The molecule has 2 aromatic carbocycles. The summed E-state index contributed by atoms with van der Waals surface area (Å²) in [7, 11) is 1.71. The van der Waals surface area contributed by atoms with E-state index in [2.05, 4.69) is 58.7 Å². The number of methoxy groups -OCH3 is 1. The minimum Gasteiger partial charge on any atom is -0.497 e. The maximum Gasteiger partial charge on any atom is 0.127 e. The maximum absolute atomic E-state index is 14.2. The smallest absolute Gasteiger partial charge is 0.127 e. The number of hydrogen-bond acceptors (Lipinski definition) is 4. The lowest BCUT2D eigenvalue weighted by Gasteiger charge is -2.47. The van der Waals surface area contributed by atoms with Crippen molar-refractivity contribution in [3.05, 3.63) is 87.9 Å². The maximum atomic E-state index is 14.2. The summed E-state index contributed by atoms with van der Waals surface area (Å²) in [6, 6.07) is 18.6. The van der Waals surface area contributed by atoms with Crippen molar-refractivity contribution in [2.45, 2.75) is 38.5 Å². The Kier molecular flexibility index (Phi) is 6.52. The highest BCUT2D eigenvalue weighted by Gasteiger charge is 2.35. The molecule has 3 aromatic rings. The van der Waals surface area contributed by atoms with Crippen molar-refractivity contribution < 1.29 is 9.13 Å². The number of nitrogens with zero attached hydrogens (tertiary/aromatic N) is 2. The molecule has 3 atom stereocenters. The molecule has 4 rings (SSSR count). The van der Waals surface area contributed by atoms with Crippen LogP contribution in [0.3, 0.4) is 0 Å². The molecule has 0 amide bonds. The summed E-state index contributed by atoms with van der Waals surface area (Å²) in [6.45, 7) is 7.00. The van der Waals surface area contributed by atoms with E-state index in [1.165, 1.54) is 11.1 Å². The molecule has 1 aliphatic heterocycles. The van der Waals surface area contributed by atoms with Crippen LogP contribution in [0.2, 0.25) is 0 Å². The fourth-order valence-corrected chi connectivity index (χ4v) is 5.15. The first-order valence-corrected chi connectivity index (χ1v) is 11.4. The van der Waals surface area contributed by atoms with Crippen LogP contribution in [-0.2, 0) is 6.54 Å². The second-order valence-corrected chi connectivity index (χ2v) is 8.93. The van der Waals surface area contributed by atoms with Crippen molar-refractivity contribution in [2.24, 2.45) is 0 Å². The van der Waals surface area contributed by atoms with E-state index in [9.17, 15) is 4.39 Å². The van der Waals surface area contributed by atoms with Gasteiger partial charge in [-0.3, -0.25) is 9.80 Å². The van der Waals surface area contributed by atoms with Crippen LogP contribution in [0.1, 0.15) is 36.6 Å². The summed E-state index contributed by atoms with van der Waals surface area (Å²) in [5.41, 5.74) is 3.33. The van der Waals surface area contributed by atoms with Gasteiger partial charge in [-0.15, -0.1) is 0 Å². The van der Waals surface area contributed by atoms with Crippen LogP contribution in [0.5, 0.6) is 5.75 Å². The molecule has 0 unspecified atom stereocenters. The third-order valence-corrected chi connectivity index (χ3v) is 6.80. The van der Waals surface area contributed by atoms with Crippen molar-refractivity contribution in [1.82, 2.24) is 9.80 Å². The second kappa shape index (κ2) is 9.29. The van der Waals surface area contributed by atoms with Crippen molar-refractivity contribution in [1.29, 1.82) is 0 Å². The van der Waals surface area contributed by atoms with Gasteiger partial charge >= 0.3 is 0 Å². The molecule has 0 radical (unpaired) electrons. The number of halogens is 1. The first kappa shape index (κ1) is 21.0. The first-order chi connectivity index (χ1) is 14.6. The van der Waals surface area contributed by atoms with E-state index in [4.69, 9.17) is 4.74 Å². The molecule has 158 valence electrons. The molecular formula is C25H29FN2OS.